The minimum absolute atomic E-state index is 0.0535. The van der Waals surface area contributed by atoms with Crippen LogP contribution in [0.5, 0.6) is 5.75 Å². The van der Waals surface area contributed by atoms with Gasteiger partial charge in [-0.2, -0.15) is 4.98 Å². The van der Waals surface area contributed by atoms with Crippen molar-refractivity contribution in [1.29, 1.82) is 0 Å². The summed E-state index contributed by atoms with van der Waals surface area (Å²) >= 11 is -0.912. The average Bonchev–Trinajstić information content (AvgIpc) is 3.44. The van der Waals surface area contributed by atoms with Crippen molar-refractivity contribution < 1.29 is 13.8 Å². The molecule has 1 saturated heterocycles. The number of anilines is 1. The molecule has 2 fully saturated rings. The Bertz CT molecular complexity index is 1080. The number of fused-ring (bicyclic) bond motifs is 1. The molecule has 6 rings (SSSR count). The summed E-state index contributed by atoms with van der Waals surface area (Å²) in [5.41, 5.74) is 3.91. The molecule has 182 valence electrons. The fourth-order valence-electron chi connectivity index (χ4n) is 6.36. The lowest BCUT2D eigenvalue weighted by atomic mass is 9.54. The van der Waals surface area contributed by atoms with Crippen LogP contribution in [0.15, 0.2) is 22.9 Å². The number of hydrogen-bond acceptors (Lipinski definition) is 8. The summed E-state index contributed by atoms with van der Waals surface area (Å²) in [4.78, 5) is 11.6. The molecule has 9 heteroatoms. The lowest BCUT2D eigenvalue weighted by Gasteiger charge is -2.56. The zero-order valence-corrected chi connectivity index (χ0v) is 20.9. The molecule has 3 aliphatic heterocycles. The van der Waals surface area contributed by atoms with Crippen molar-refractivity contribution in [3.05, 3.63) is 35.5 Å². The van der Waals surface area contributed by atoms with Gasteiger partial charge in [0, 0.05) is 49.4 Å². The largest absolute Gasteiger partial charge is 0.598 e. The van der Waals surface area contributed by atoms with Crippen LogP contribution in [0.1, 0.15) is 62.6 Å². The first kappa shape index (κ1) is 22.4. The monoisotopic (exact) mass is 483 g/mol. The second kappa shape index (κ2) is 8.53. The zero-order valence-electron chi connectivity index (χ0n) is 20.1. The van der Waals surface area contributed by atoms with E-state index >= 15 is 0 Å². The Morgan fingerprint density at radius 2 is 2.03 bits per heavy atom. The molecule has 2 aromatic rings. The van der Waals surface area contributed by atoms with Crippen LogP contribution in [0.3, 0.4) is 0 Å². The molecule has 1 unspecified atom stereocenters. The van der Waals surface area contributed by atoms with Crippen molar-refractivity contribution in [3.63, 3.8) is 0 Å². The molecule has 4 aliphatic rings. The Hall–Kier alpha value is -2.10. The molecule has 1 saturated carbocycles. The zero-order chi connectivity index (χ0) is 23.3. The fourth-order valence-corrected chi connectivity index (χ4v) is 6.99. The molecule has 1 atom stereocenters. The molecule has 8 nitrogen and oxygen atoms in total. The average molecular weight is 484 g/mol. The van der Waals surface area contributed by atoms with Crippen molar-refractivity contribution in [2.75, 3.05) is 37.3 Å². The van der Waals surface area contributed by atoms with Gasteiger partial charge in [0.2, 0.25) is 5.89 Å². The summed E-state index contributed by atoms with van der Waals surface area (Å²) in [5, 5.41) is 4.19. The summed E-state index contributed by atoms with van der Waals surface area (Å²) < 4.78 is 25.6. The molecule has 2 spiro atoms. The third-order valence-electron chi connectivity index (χ3n) is 8.07. The van der Waals surface area contributed by atoms with E-state index in [0.29, 0.717) is 5.41 Å². The summed E-state index contributed by atoms with van der Waals surface area (Å²) in [5.74, 6) is 2.45. The molecular formula is C25H33N5O3S. The standard InChI is InChI=1S/C25H33N5O3S/c1-3-4-22-27-23(28-33-22)29-11-7-24(8-12-29)16-25(17-24)14-19-13-20(26-15-21(19)32-25)18-5-9-30(10-6-18)34(2)31/h5,13,15H,3-4,6-12,14,16-17H2,1-2H3. The van der Waals surface area contributed by atoms with E-state index in [2.05, 4.69) is 34.1 Å². The Labute approximate surface area is 204 Å². The maximum atomic E-state index is 11.7. The van der Waals surface area contributed by atoms with E-state index in [1.165, 1.54) is 11.1 Å². The van der Waals surface area contributed by atoms with Gasteiger partial charge in [0.15, 0.2) is 0 Å². The minimum Gasteiger partial charge on any atom is -0.598 e. The second-order valence-corrected chi connectivity index (χ2v) is 11.9. The van der Waals surface area contributed by atoms with Gasteiger partial charge in [-0.15, -0.1) is 4.31 Å². The predicted molar refractivity (Wildman–Crippen MR) is 131 cm³/mol. The van der Waals surface area contributed by atoms with Crippen molar-refractivity contribution in [3.8, 4) is 5.75 Å². The highest BCUT2D eigenvalue weighted by molar-refractivity contribution is 7.88. The van der Waals surface area contributed by atoms with Crippen molar-refractivity contribution in [1.82, 2.24) is 19.4 Å². The van der Waals surface area contributed by atoms with Gasteiger partial charge in [0.25, 0.3) is 5.95 Å². The quantitative estimate of drug-likeness (QED) is 0.597. The molecule has 0 N–H and O–H groups in total. The molecule has 34 heavy (non-hydrogen) atoms. The van der Waals surface area contributed by atoms with E-state index < -0.39 is 11.4 Å². The highest BCUT2D eigenvalue weighted by atomic mass is 32.2. The first-order chi connectivity index (χ1) is 16.5. The number of rotatable bonds is 5. The molecular weight excluding hydrogens is 450 g/mol. The number of piperidine rings is 1. The van der Waals surface area contributed by atoms with Gasteiger partial charge in [-0.3, -0.25) is 4.98 Å². The van der Waals surface area contributed by atoms with Crippen LogP contribution in [0.25, 0.3) is 5.57 Å². The number of aromatic nitrogens is 3. The fraction of sp³-hybridized carbons (Fsp3) is 0.640. The van der Waals surface area contributed by atoms with Gasteiger partial charge in [0.1, 0.15) is 17.6 Å². The number of nitrogens with zero attached hydrogens (tertiary/aromatic N) is 5. The summed E-state index contributed by atoms with van der Waals surface area (Å²) in [6.07, 6.45) is 14.1. The van der Waals surface area contributed by atoms with E-state index in [0.717, 1.165) is 101 Å². The molecule has 0 bridgehead atoms. The first-order valence-corrected chi connectivity index (χ1v) is 14.0. The van der Waals surface area contributed by atoms with E-state index in [9.17, 15) is 4.55 Å². The highest BCUT2D eigenvalue weighted by Crippen LogP contribution is 2.60. The van der Waals surface area contributed by atoms with Crippen LogP contribution in [-0.2, 0) is 24.2 Å². The van der Waals surface area contributed by atoms with Gasteiger partial charge in [-0.1, -0.05) is 13.0 Å². The minimum atomic E-state index is -0.912. The van der Waals surface area contributed by atoms with Crippen molar-refractivity contribution in [2.45, 2.75) is 63.9 Å². The smallest absolute Gasteiger partial charge is 0.266 e. The molecule has 1 aliphatic carbocycles. The SMILES string of the molecule is CCCc1nc(N2CCC3(CC2)CC2(Cc4cc(C5=CCN([S+](C)[O-])CC5)ncc4O2)C3)no1. The number of pyridine rings is 1. The Kier molecular flexibility index (Phi) is 5.61. The van der Waals surface area contributed by atoms with Gasteiger partial charge < -0.3 is 18.7 Å². The molecule has 0 aromatic carbocycles. The van der Waals surface area contributed by atoms with E-state index in [1.54, 1.807) is 6.26 Å². The third kappa shape index (κ3) is 4.01. The third-order valence-corrected chi connectivity index (χ3v) is 9.13. The van der Waals surface area contributed by atoms with Crippen molar-refractivity contribution >= 4 is 22.9 Å². The summed E-state index contributed by atoms with van der Waals surface area (Å²) in [6.45, 7) is 5.62. The van der Waals surface area contributed by atoms with Gasteiger partial charge in [-0.05, 0) is 60.7 Å². The molecule has 0 radical (unpaired) electrons. The molecule has 5 heterocycles. The second-order valence-electron chi connectivity index (χ2n) is 10.5. The number of ether oxygens (including phenoxy) is 1. The summed E-state index contributed by atoms with van der Waals surface area (Å²) in [7, 11) is 0. The topological polar surface area (TPSA) is 90.6 Å². The first-order valence-electron chi connectivity index (χ1n) is 12.5. The Balaban J connectivity index is 1.07. The summed E-state index contributed by atoms with van der Waals surface area (Å²) in [6, 6.07) is 2.23. The van der Waals surface area contributed by atoms with Crippen LogP contribution in [-0.4, -0.2) is 62.0 Å². The number of aryl methyl sites for hydroxylation is 1. The van der Waals surface area contributed by atoms with Crippen LogP contribution in [0.2, 0.25) is 0 Å². The van der Waals surface area contributed by atoms with Gasteiger partial charge in [-0.25, -0.2) is 0 Å². The maximum Gasteiger partial charge on any atom is 0.266 e. The van der Waals surface area contributed by atoms with E-state index in [1.807, 2.05) is 10.5 Å². The lowest BCUT2D eigenvalue weighted by molar-refractivity contribution is -0.106. The highest BCUT2D eigenvalue weighted by Gasteiger charge is 2.59. The van der Waals surface area contributed by atoms with Crippen LogP contribution in [0.4, 0.5) is 5.95 Å². The van der Waals surface area contributed by atoms with Crippen LogP contribution in [0, 0.1) is 5.41 Å². The lowest BCUT2D eigenvalue weighted by Crippen LogP contribution is -2.58. The predicted octanol–water partition coefficient (Wildman–Crippen LogP) is 3.55. The maximum absolute atomic E-state index is 11.7. The van der Waals surface area contributed by atoms with Gasteiger partial charge in [0.05, 0.1) is 18.4 Å². The molecule has 2 aromatic heterocycles. The molecule has 0 amide bonds. The van der Waals surface area contributed by atoms with Gasteiger partial charge >= 0.3 is 0 Å². The van der Waals surface area contributed by atoms with Crippen molar-refractivity contribution in [2.24, 2.45) is 5.41 Å². The Morgan fingerprint density at radius 3 is 2.74 bits per heavy atom. The van der Waals surface area contributed by atoms with Crippen LogP contribution < -0.4 is 9.64 Å². The van der Waals surface area contributed by atoms with E-state index in [-0.39, 0.29) is 5.60 Å². The van der Waals surface area contributed by atoms with E-state index in [4.69, 9.17) is 14.2 Å². The van der Waals surface area contributed by atoms with Crippen LogP contribution >= 0.6 is 0 Å². The number of hydrogen-bond donors (Lipinski definition) is 0. The normalized spacial score (nSPS) is 24.0. The Morgan fingerprint density at radius 1 is 1.21 bits per heavy atom.